The molecule has 0 spiro atoms. The van der Waals surface area contributed by atoms with Crippen LogP contribution in [0.1, 0.15) is 19.4 Å². The molecule has 5 heteroatoms. The van der Waals surface area contributed by atoms with E-state index in [4.69, 9.17) is 4.74 Å². The van der Waals surface area contributed by atoms with Gasteiger partial charge in [-0.05, 0) is 11.6 Å². The number of nitrogens with one attached hydrogen (secondary N) is 1. The summed E-state index contributed by atoms with van der Waals surface area (Å²) in [5, 5.41) is 14.2. The molecule has 98 valence electrons. The van der Waals surface area contributed by atoms with E-state index in [1.807, 2.05) is 19.9 Å². The van der Waals surface area contributed by atoms with Gasteiger partial charge in [0.05, 0.1) is 4.92 Å². The van der Waals surface area contributed by atoms with Crippen molar-refractivity contribution in [1.29, 1.82) is 0 Å². The van der Waals surface area contributed by atoms with Gasteiger partial charge in [-0.3, -0.25) is 10.1 Å². The van der Waals surface area contributed by atoms with E-state index in [2.05, 4.69) is 11.9 Å². The zero-order valence-electron chi connectivity index (χ0n) is 10.7. The predicted molar refractivity (Wildman–Crippen MR) is 70.8 cm³/mol. The second kappa shape index (κ2) is 6.76. The van der Waals surface area contributed by atoms with Crippen LogP contribution in [0.2, 0.25) is 0 Å². The fourth-order valence-corrected chi connectivity index (χ4v) is 1.41. The second-order valence-corrected chi connectivity index (χ2v) is 4.19. The van der Waals surface area contributed by atoms with Crippen LogP contribution in [0.5, 0.6) is 5.75 Å². The third kappa shape index (κ3) is 4.18. The summed E-state index contributed by atoms with van der Waals surface area (Å²) in [6, 6.07) is 5.31. The Bertz CT molecular complexity index is 430. The quantitative estimate of drug-likeness (QED) is 0.459. The fraction of sp³-hybridized carbons (Fsp3) is 0.385. The summed E-state index contributed by atoms with van der Waals surface area (Å²) in [6.45, 7) is 8.41. The average Bonchev–Trinajstić information content (AvgIpc) is 2.34. The third-order valence-corrected chi connectivity index (χ3v) is 2.29. The van der Waals surface area contributed by atoms with Crippen molar-refractivity contribution in [2.75, 3.05) is 6.61 Å². The summed E-state index contributed by atoms with van der Waals surface area (Å²) in [5.74, 6) is 0.271. The number of hydrogen-bond donors (Lipinski definition) is 1. The van der Waals surface area contributed by atoms with Gasteiger partial charge in [0.2, 0.25) is 0 Å². The molecule has 1 aromatic carbocycles. The summed E-state index contributed by atoms with van der Waals surface area (Å²) in [7, 11) is 0. The van der Waals surface area contributed by atoms with Crippen LogP contribution in [0, 0.1) is 10.1 Å². The van der Waals surface area contributed by atoms with Gasteiger partial charge in [-0.15, -0.1) is 0 Å². The largest absolute Gasteiger partial charge is 0.483 e. The zero-order chi connectivity index (χ0) is 13.5. The Morgan fingerprint density at radius 1 is 1.56 bits per heavy atom. The Morgan fingerprint density at radius 2 is 2.28 bits per heavy atom. The van der Waals surface area contributed by atoms with Gasteiger partial charge >= 0.3 is 5.69 Å². The lowest BCUT2D eigenvalue weighted by Crippen LogP contribution is -2.21. The van der Waals surface area contributed by atoms with Crippen LogP contribution in [0.25, 0.3) is 0 Å². The minimum atomic E-state index is -0.433. The van der Waals surface area contributed by atoms with Crippen molar-refractivity contribution in [2.24, 2.45) is 0 Å². The highest BCUT2D eigenvalue weighted by atomic mass is 16.6. The molecule has 1 N–H and O–H groups in total. The van der Waals surface area contributed by atoms with Gasteiger partial charge < -0.3 is 10.1 Å². The Morgan fingerprint density at radius 3 is 2.83 bits per heavy atom. The molecule has 0 saturated carbocycles. The van der Waals surface area contributed by atoms with Crippen LogP contribution in [-0.2, 0) is 6.54 Å². The standard InChI is InChI=1S/C13H18N2O3/c1-4-7-18-13-6-5-11(9-14-10(2)3)8-12(13)15(16)17/h4-6,8,10,14H,1,7,9H2,2-3H3. The highest BCUT2D eigenvalue weighted by Crippen LogP contribution is 2.27. The number of benzene rings is 1. The van der Waals surface area contributed by atoms with E-state index < -0.39 is 4.92 Å². The van der Waals surface area contributed by atoms with Gasteiger partial charge in [-0.1, -0.05) is 32.6 Å². The molecule has 18 heavy (non-hydrogen) atoms. The van der Waals surface area contributed by atoms with Gasteiger partial charge in [-0.25, -0.2) is 0 Å². The van der Waals surface area contributed by atoms with Gasteiger partial charge in [-0.2, -0.15) is 0 Å². The number of nitro groups is 1. The Labute approximate surface area is 107 Å². The lowest BCUT2D eigenvalue weighted by molar-refractivity contribution is -0.385. The lowest BCUT2D eigenvalue weighted by atomic mass is 10.2. The van der Waals surface area contributed by atoms with E-state index in [9.17, 15) is 10.1 Å². The summed E-state index contributed by atoms with van der Waals surface area (Å²) in [4.78, 5) is 10.5. The summed E-state index contributed by atoms with van der Waals surface area (Å²) >= 11 is 0. The van der Waals surface area contributed by atoms with E-state index >= 15 is 0 Å². The maximum Gasteiger partial charge on any atom is 0.311 e. The summed E-state index contributed by atoms with van der Waals surface area (Å²) in [5.41, 5.74) is 0.848. The number of ether oxygens (including phenoxy) is 1. The van der Waals surface area contributed by atoms with Crippen LogP contribution < -0.4 is 10.1 Å². The topological polar surface area (TPSA) is 64.4 Å². The Balaban J connectivity index is 2.88. The summed E-state index contributed by atoms with van der Waals surface area (Å²) in [6.07, 6.45) is 1.55. The van der Waals surface area contributed by atoms with Crippen LogP contribution in [0.4, 0.5) is 5.69 Å². The molecule has 0 amide bonds. The summed E-state index contributed by atoms with van der Waals surface area (Å²) < 4.78 is 5.25. The van der Waals surface area contributed by atoms with Crippen molar-refractivity contribution in [3.05, 3.63) is 46.5 Å². The van der Waals surface area contributed by atoms with E-state index in [0.717, 1.165) is 5.56 Å². The van der Waals surface area contributed by atoms with Crippen LogP contribution in [-0.4, -0.2) is 17.6 Å². The van der Waals surface area contributed by atoms with Gasteiger partial charge in [0.15, 0.2) is 5.75 Å². The maximum absolute atomic E-state index is 11.0. The Hall–Kier alpha value is -1.88. The molecule has 0 aliphatic carbocycles. The van der Waals surface area contributed by atoms with Crippen molar-refractivity contribution in [2.45, 2.75) is 26.4 Å². The molecule has 0 unspecified atom stereocenters. The Kier molecular flexibility index (Phi) is 5.32. The molecule has 5 nitrogen and oxygen atoms in total. The molecule has 1 rings (SSSR count). The number of nitro benzene ring substituents is 1. The fourth-order valence-electron chi connectivity index (χ4n) is 1.41. The molecule has 0 atom stereocenters. The first kappa shape index (κ1) is 14.2. The van der Waals surface area contributed by atoms with E-state index in [1.165, 1.54) is 6.07 Å². The number of rotatable bonds is 7. The SMILES string of the molecule is C=CCOc1ccc(CNC(C)C)cc1[N+](=O)[O-]. The third-order valence-electron chi connectivity index (χ3n) is 2.29. The molecule has 0 radical (unpaired) electrons. The molecule has 0 heterocycles. The molecular formula is C13H18N2O3. The van der Waals surface area contributed by atoms with Crippen LogP contribution in [0.15, 0.2) is 30.9 Å². The minimum Gasteiger partial charge on any atom is -0.483 e. The first-order valence-corrected chi connectivity index (χ1v) is 5.79. The molecule has 0 fully saturated rings. The van der Waals surface area contributed by atoms with Crippen LogP contribution in [0.3, 0.4) is 0 Å². The second-order valence-electron chi connectivity index (χ2n) is 4.19. The molecule has 0 aromatic heterocycles. The molecule has 0 aliphatic heterocycles. The van der Waals surface area contributed by atoms with Gasteiger partial charge in [0.25, 0.3) is 0 Å². The van der Waals surface area contributed by atoms with Crippen molar-refractivity contribution in [3.8, 4) is 5.75 Å². The highest BCUT2D eigenvalue weighted by Gasteiger charge is 2.15. The number of hydrogen-bond acceptors (Lipinski definition) is 4. The lowest BCUT2D eigenvalue weighted by Gasteiger charge is -2.09. The molecular weight excluding hydrogens is 232 g/mol. The first-order valence-electron chi connectivity index (χ1n) is 5.79. The smallest absolute Gasteiger partial charge is 0.311 e. The minimum absolute atomic E-state index is 0.0140. The highest BCUT2D eigenvalue weighted by molar-refractivity contribution is 5.48. The molecule has 1 aromatic rings. The van der Waals surface area contributed by atoms with Crippen molar-refractivity contribution in [3.63, 3.8) is 0 Å². The zero-order valence-corrected chi connectivity index (χ0v) is 10.7. The van der Waals surface area contributed by atoms with E-state index in [0.29, 0.717) is 12.6 Å². The first-order chi connectivity index (χ1) is 8.54. The normalized spacial score (nSPS) is 10.4. The van der Waals surface area contributed by atoms with Gasteiger partial charge in [0, 0.05) is 18.7 Å². The predicted octanol–water partition coefficient (Wildman–Crippen LogP) is 2.66. The van der Waals surface area contributed by atoms with Crippen molar-refractivity contribution >= 4 is 5.69 Å². The molecule has 0 bridgehead atoms. The van der Waals surface area contributed by atoms with E-state index in [1.54, 1.807) is 12.1 Å². The monoisotopic (exact) mass is 250 g/mol. The molecule has 0 saturated heterocycles. The average molecular weight is 250 g/mol. The van der Waals surface area contributed by atoms with Gasteiger partial charge in [0.1, 0.15) is 6.61 Å². The molecule has 0 aliphatic rings. The number of nitrogens with zero attached hydrogens (tertiary/aromatic N) is 1. The van der Waals surface area contributed by atoms with Crippen molar-refractivity contribution in [1.82, 2.24) is 5.32 Å². The van der Waals surface area contributed by atoms with E-state index in [-0.39, 0.29) is 18.0 Å². The maximum atomic E-state index is 11.0. The van der Waals surface area contributed by atoms with Crippen molar-refractivity contribution < 1.29 is 9.66 Å². The van der Waals surface area contributed by atoms with Crippen LogP contribution >= 0.6 is 0 Å².